The van der Waals surface area contributed by atoms with Gasteiger partial charge in [-0.05, 0) is 63.4 Å². The van der Waals surface area contributed by atoms with Crippen LogP contribution in [0.5, 0.6) is 0 Å². The van der Waals surface area contributed by atoms with Gasteiger partial charge in [-0.15, -0.1) is 0 Å². The molecule has 0 aliphatic rings. The summed E-state index contributed by atoms with van der Waals surface area (Å²) in [5.41, 5.74) is 25.1. The predicted octanol–water partition coefficient (Wildman–Crippen LogP) is 12.8. The second kappa shape index (κ2) is 13.8. The number of aromatic nitrogens is 4. The molecular formula is C53H36N6. The van der Waals surface area contributed by atoms with E-state index in [0.717, 1.165) is 71.6 Å². The number of anilines is 2. The van der Waals surface area contributed by atoms with Crippen molar-refractivity contribution in [3.63, 3.8) is 0 Å². The van der Waals surface area contributed by atoms with E-state index in [4.69, 9.17) is 26.4 Å². The van der Waals surface area contributed by atoms with E-state index in [0.29, 0.717) is 28.8 Å². The van der Waals surface area contributed by atoms with Crippen LogP contribution in [-0.4, -0.2) is 19.5 Å². The molecule has 59 heavy (non-hydrogen) atoms. The molecule has 0 amide bonds. The van der Waals surface area contributed by atoms with Crippen LogP contribution in [0.4, 0.5) is 11.4 Å². The summed E-state index contributed by atoms with van der Waals surface area (Å²) in [5, 5.41) is 6.49. The molecule has 0 atom stereocenters. The Hall–Kier alpha value is -8.09. The number of hydrogen-bond acceptors (Lipinski definition) is 5. The Balaban J connectivity index is 0.951. The number of hydrogen-bond donors (Lipinski definition) is 2. The predicted molar refractivity (Wildman–Crippen MR) is 245 cm³/mol. The maximum Gasteiger partial charge on any atom is 0.164 e. The summed E-state index contributed by atoms with van der Waals surface area (Å²) in [6, 6.07) is 67.3. The molecule has 6 heteroatoms. The fourth-order valence-electron chi connectivity index (χ4n) is 8.39. The zero-order valence-electron chi connectivity index (χ0n) is 31.9. The van der Waals surface area contributed by atoms with Gasteiger partial charge in [-0.25, -0.2) is 15.0 Å². The highest BCUT2D eigenvalue weighted by Crippen LogP contribution is 2.42. The quantitative estimate of drug-likeness (QED) is 0.100. The molecule has 0 saturated heterocycles. The van der Waals surface area contributed by atoms with Gasteiger partial charge in [0.25, 0.3) is 0 Å². The van der Waals surface area contributed by atoms with E-state index in [9.17, 15) is 0 Å². The molecule has 9 aromatic carbocycles. The van der Waals surface area contributed by atoms with Crippen molar-refractivity contribution >= 4 is 54.7 Å². The van der Waals surface area contributed by atoms with Crippen LogP contribution in [-0.2, 0) is 0 Å². The van der Waals surface area contributed by atoms with E-state index in [2.05, 4.69) is 150 Å². The highest BCUT2D eigenvalue weighted by atomic mass is 15.0. The Bertz CT molecular complexity index is 3360. The second-order valence-electron chi connectivity index (χ2n) is 14.9. The van der Waals surface area contributed by atoms with Crippen LogP contribution in [0.2, 0.25) is 0 Å². The lowest BCUT2D eigenvalue weighted by Gasteiger charge is -2.13. The summed E-state index contributed by atoms with van der Waals surface area (Å²) >= 11 is 0. The monoisotopic (exact) mass is 756 g/mol. The van der Waals surface area contributed by atoms with Crippen molar-refractivity contribution < 1.29 is 0 Å². The zero-order chi connectivity index (χ0) is 39.5. The first-order chi connectivity index (χ1) is 29.1. The summed E-state index contributed by atoms with van der Waals surface area (Å²) in [7, 11) is 0. The molecule has 0 fully saturated rings. The van der Waals surface area contributed by atoms with Gasteiger partial charge in [-0.3, -0.25) is 0 Å². The molecule has 6 nitrogen and oxygen atoms in total. The summed E-state index contributed by atoms with van der Waals surface area (Å²) in [6.07, 6.45) is 0. The number of para-hydroxylation sites is 1. The molecular weight excluding hydrogens is 721 g/mol. The lowest BCUT2D eigenvalue weighted by molar-refractivity contribution is 1.07. The third kappa shape index (κ3) is 5.85. The van der Waals surface area contributed by atoms with Crippen molar-refractivity contribution in [2.75, 3.05) is 11.5 Å². The van der Waals surface area contributed by atoms with Crippen molar-refractivity contribution in [1.29, 1.82) is 0 Å². The number of rotatable bonds is 6. The van der Waals surface area contributed by atoms with Gasteiger partial charge >= 0.3 is 0 Å². The Morgan fingerprint density at radius 3 is 1.27 bits per heavy atom. The minimum Gasteiger partial charge on any atom is -0.397 e. The molecule has 0 aliphatic carbocycles. The fourth-order valence-corrected chi connectivity index (χ4v) is 8.39. The second-order valence-corrected chi connectivity index (χ2v) is 14.9. The molecule has 0 aliphatic heterocycles. The number of nitrogens with zero attached hydrogens (tertiary/aromatic N) is 4. The fraction of sp³-hybridized carbons (Fsp3) is 0. The molecule has 0 saturated carbocycles. The lowest BCUT2D eigenvalue weighted by atomic mass is 9.97. The van der Waals surface area contributed by atoms with Crippen molar-refractivity contribution in [3.05, 3.63) is 194 Å². The summed E-state index contributed by atoms with van der Waals surface area (Å²) in [5.74, 6) is 1.89. The van der Waals surface area contributed by atoms with Gasteiger partial charge in [0.2, 0.25) is 0 Å². The number of benzene rings is 9. The van der Waals surface area contributed by atoms with Gasteiger partial charge < -0.3 is 16.0 Å². The minimum absolute atomic E-state index is 0.610. The van der Waals surface area contributed by atoms with E-state index in [1.807, 2.05) is 48.5 Å². The van der Waals surface area contributed by atoms with Gasteiger partial charge in [0, 0.05) is 43.9 Å². The molecule has 11 rings (SSSR count). The summed E-state index contributed by atoms with van der Waals surface area (Å²) in [6.45, 7) is 0. The maximum atomic E-state index is 6.74. The number of fused-ring (bicyclic) bond motifs is 6. The van der Waals surface area contributed by atoms with Crippen LogP contribution in [0.1, 0.15) is 0 Å². The van der Waals surface area contributed by atoms with E-state index in [1.54, 1.807) is 0 Å². The highest BCUT2D eigenvalue weighted by Gasteiger charge is 2.18. The van der Waals surface area contributed by atoms with Crippen LogP contribution in [0, 0.1) is 0 Å². The first-order valence-corrected chi connectivity index (χ1v) is 19.7. The molecule has 278 valence electrons. The van der Waals surface area contributed by atoms with Gasteiger partial charge in [-0.2, -0.15) is 0 Å². The molecule has 0 bridgehead atoms. The highest BCUT2D eigenvalue weighted by molar-refractivity contribution is 6.24. The van der Waals surface area contributed by atoms with Crippen molar-refractivity contribution in [3.8, 4) is 62.1 Å². The van der Waals surface area contributed by atoms with E-state index in [1.165, 1.54) is 16.3 Å². The van der Waals surface area contributed by atoms with Crippen molar-refractivity contribution in [2.24, 2.45) is 0 Å². The van der Waals surface area contributed by atoms with Crippen LogP contribution in [0.25, 0.3) is 105 Å². The third-order valence-electron chi connectivity index (χ3n) is 11.4. The smallest absolute Gasteiger partial charge is 0.164 e. The third-order valence-corrected chi connectivity index (χ3v) is 11.4. The van der Waals surface area contributed by atoms with Crippen LogP contribution in [0.3, 0.4) is 0 Å². The molecule has 2 heterocycles. The number of nitrogen functional groups attached to an aromatic ring is 2. The largest absolute Gasteiger partial charge is 0.397 e. The summed E-state index contributed by atoms with van der Waals surface area (Å²) < 4.78 is 2.32. The number of nitrogens with two attached hydrogens (primary N) is 2. The van der Waals surface area contributed by atoms with Crippen LogP contribution < -0.4 is 11.5 Å². The Morgan fingerprint density at radius 1 is 0.288 bits per heavy atom. The van der Waals surface area contributed by atoms with Gasteiger partial charge in [0.05, 0.1) is 22.4 Å². The zero-order valence-corrected chi connectivity index (χ0v) is 31.9. The molecule has 0 spiro atoms. The Kier molecular flexibility index (Phi) is 8.01. The van der Waals surface area contributed by atoms with Gasteiger partial charge in [0.15, 0.2) is 17.5 Å². The topological polar surface area (TPSA) is 95.6 Å². The first-order valence-electron chi connectivity index (χ1n) is 19.7. The Morgan fingerprint density at radius 2 is 0.695 bits per heavy atom. The minimum atomic E-state index is 0.610. The van der Waals surface area contributed by atoms with Crippen molar-refractivity contribution in [2.45, 2.75) is 0 Å². The maximum absolute atomic E-state index is 6.74. The van der Waals surface area contributed by atoms with Gasteiger partial charge in [0.1, 0.15) is 0 Å². The van der Waals surface area contributed by atoms with E-state index >= 15 is 0 Å². The molecule has 11 aromatic rings. The molecule has 0 unspecified atom stereocenters. The average Bonchev–Trinajstić information content (AvgIpc) is 3.64. The Labute approximate surface area is 340 Å². The normalized spacial score (nSPS) is 11.5. The standard InChI is InChI=1S/C53H36N6/c54-49-43-17-8-7-15-41(43)44-31-45-42-16-9-10-18-47(42)59(48(45)32-46(44)50(49)55)40-29-27-36(28-30-40)35-21-25-39(26-22-35)53-57-51(37-13-5-2-6-14-37)56-52(58-53)38-23-19-34(20-24-38)33-11-3-1-4-12-33/h1-32H,54-55H2. The van der Waals surface area contributed by atoms with Crippen LogP contribution >= 0.6 is 0 Å². The van der Waals surface area contributed by atoms with Crippen LogP contribution in [0.15, 0.2) is 194 Å². The van der Waals surface area contributed by atoms with Crippen molar-refractivity contribution in [1.82, 2.24) is 19.5 Å². The summed E-state index contributed by atoms with van der Waals surface area (Å²) in [4.78, 5) is 14.9. The molecule has 4 N–H and O–H groups in total. The molecule has 2 aromatic heterocycles. The SMILES string of the molecule is Nc1c(N)c2cc3c(cc2c2ccccc12)c1ccccc1n3-c1ccc(-c2ccc(-c3nc(-c4ccccc4)nc(-c4ccc(-c5ccccc5)cc4)n3)cc2)cc1. The van der Waals surface area contributed by atoms with E-state index in [-0.39, 0.29) is 0 Å². The van der Waals surface area contributed by atoms with E-state index < -0.39 is 0 Å². The average molecular weight is 757 g/mol. The molecule has 0 radical (unpaired) electrons. The first kappa shape index (κ1) is 34.2. The van der Waals surface area contributed by atoms with Gasteiger partial charge in [-0.1, -0.05) is 164 Å². The lowest BCUT2D eigenvalue weighted by Crippen LogP contribution is -2.00.